The Morgan fingerprint density at radius 1 is 1.18 bits per heavy atom. The zero-order chi connectivity index (χ0) is 16.4. The van der Waals surface area contributed by atoms with E-state index < -0.39 is 11.9 Å². The quantitative estimate of drug-likeness (QED) is 0.443. The second kappa shape index (κ2) is 9.28. The number of nitrogens with one attached hydrogen (secondary N) is 2. The highest BCUT2D eigenvalue weighted by Crippen LogP contribution is 1.97. The van der Waals surface area contributed by atoms with Crippen LogP contribution in [-0.2, 0) is 14.3 Å². The summed E-state index contributed by atoms with van der Waals surface area (Å²) in [5.74, 6) is -1.23. The lowest BCUT2D eigenvalue weighted by Gasteiger charge is -2.05. The molecule has 0 saturated heterocycles. The predicted octanol–water partition coefficient (Wildman–Crippen LogP) is 0.862. The van der Waals surface area contributed by atoms with Gasteiger partial charge in [0.2, 0.25) is 0 Å². The van der Waals surface area contributed by atoms with Crippen molar-refractivity contribution in [2.24, 2.45) is 5.10 Å². The second-order valence-electron chi connectivity index (χ2n) is 4.41. The Hall–Kier alpha value is -2.70. The van der Waals surface area contributed by atoms with Crippen LogP contribution in [0.5, 0.6) is 0 Å². The molecular formula is C15H19N3O4. The molecule has 0 fully saturated rings. The van der Waals surface area contributed by atoms with Crippen molar-refractivity contribution in [2.75, 3.05) is 13.2 Å². The first-order chi connectivity index (χ1) is 10.5. The van der Waals surface area contributed by atoms with Crippen LogP contribution in [0.15, 0.2) is 35.4 Å². The van der Waals surface area contributed by atoms with E-state index in [0.29, 0.717) is 17.9 Å². The highest BCUT2D eigenvalue weighted by molar-refractivity contribution is 5.98. The number of nitrogens with zero attached hydrogens (tertiary/aromatic N) is 1. The van der Waals surface area contributed by atoms with Gasteiger partial charge in [0.15, 0.2) is 0 Å². The molecule has 0 radical (unpaired) electrons. The van der Waals surface area contributed by atoms with E-state index in [1.165, 1.54) is 0 Å². The molecule has 0 atom stereocenters. The topological polar surface area (TPSA) is 96.9 Å². The molecular weight excluding hydrogens is 286 g/mol. The Bertz CT molecular complexity index is 555. The summed E-state index contributed by atoms with van der Waals surface area (Å²) in [6.07, 6.45) is 0.00446. The van der Waals surface area contributed by atoms with Gasteiger partial charge < -0.3 is 10.1 Å². The van der Waals surface area contributed by atoms with E-state index in [1.807, 2.05) is 0 Å². The monoisotopic (exact) mass is 305 g/mol. The maximum absolute atomic E-state index is 11.7. The number of esters is 1. The van der Waals surface area contributed by atoms with Gasteiger partial charge in [0.25, 0.3) is 11.8 Å². The third kappa shape index (κ3) is 6.65. The van der Waals surface area contributed by atoms with Crippen molar-refractivity contribution in [3.05, 3.63) is 35.9 Å². The van der Waals surface area contributed by atoms with E-state index >= 15 is 0 Å². The maximum Gasteiger partial charge on any atom is 0.311 e. The fourth-order valence-corrected chi connectivity index (χ4v) is 1.51. The first-order valence-electron chi connectivity index (χ1n) is 6.83. The van der Waals surface area contributed by atoms with Crippen LogP contribution in [0.3, 0.4) is 0 Å². The SMILES string of the molecule is CCOC(=O)C/C(C)=N\NC(=O)CNC(=O)c1ccccc1. The van der Waals surface area contributed by atoms with Crippen molar-refractivity contribution in [2.45, 2.75) is 20.3 Å². The lowest BCUT2D eigenvalue weighted by atomic mass is 10.2. The number of hydrogen-bond donors (Lipinski definition) is 2. The Labute approximate surface area is 128 Å². The summed E-state index contributed by atoms with van der Waals surface area (Å²) in [7, 11) is 0. The first kappa shape index (κ1) is 17.4. The van der Waals surface area contributed by atoms with Crippen LogP contribution in [0.2, 0.25) is 0 Å². The molecule has 22 heavy (non-hydrogen) atoms. The third-order valence-corrected chi connectivity index (χ3v) is 2.52. The van der Waals surface area contributed by atoms with E-state index in [1.54, 1.807) is 44.2 Å². The van der Waals surface area contributed by atoms with E-state index in [9.17, 15) is 14.4 Å². The zero-order valence-corrected chi connectivity index (χ0v) is 12.6. The molecule has 2 N–H and O–H groups in total. The molecule has 0 spiro atoms. The van der Waals surface area contributed by atoms with Crippen LogP contribution < -0.4 is 10.7 Å². The Morgan fingerprint density at radius 3 is 2.50 bits per heavy atom. The number of rotatable bonds is 7. The van der Waals surface area contributed by atoms with Crippen LogP contribution in [-0.4, -0.2) is 36.6 Å². The van der Waals surface area contributed by atoms with Crippen molar-refractivity contribution in [1.82, 2.24) is 10.7 Å². The molecule has 1 rings (SSSR count). The summed E-state index contributed by atoms with van der Waals surface area (Å²) in [4.78, 5) is 34.5. The number of carbonyl (C=O) groups is 3. The minimum atomic E-state index is -0.479. The van der Waals surface area contributed by atoms with Gasteiger partial charge in [0, 0.05) is 11.3 Å². The molecule has 0 aromatic heterocycles. The molecule has 0 aliphatic rings. The van der Waals surface area contributed by atoms with Gasteiger partial charge in [-0.25, -0.2) is 5.43 Å². The fourth-order valence-electron chi connectivity index (χ4n) is 1.51. The number of benzene rings is 1. The highest BCUT2D eigenvalue weighted by atomic mass is 16.5. The summed E-state index contributed by atoms with van der Waals surface area (Å²) in [5.41, 5.74) is 3.15. The molecule has 0 aliphatic heterocycles. The van der Waals surface area contributed by atoms with Crippen LogP contribution in [0, 0.1) is 0 Å². The standard InChI is InChI=1S/C15H19N3O4/c1-3-22-14(20)9-11(2)17-18-13(19)10-16-15(21)12-7-5-4-6-8-12/h4-8H,3,9-10H2,1-2H3,(H,16,21)(H,18,19)/b17-11-. The van der Waals surface area contributed by atoms with Crippen molar-refractivity contribution in [3.63, 3.8) is 0 Å². The van der Waals surface area contributed by atoms with Crippen LogP contribution in [0.25, 0.3) is 0 Å². The first-order valence-corrected chi connectivity index (χ1v) is 6.83. The molecule has 7 heteroatoms. The summed E-state index contributed by atoms with van der Waals surface area (Å²) in [6.45, 7) is 3.40. The van der Waals surface area contributed by atoms with Crippen LogP contribution in [0.4, 0.5) is 0 Å². The van der Waals surface area contributed by atoms with Gasteiger partial charge in [-0.3, -0.25) is 14.4 Å². The molecule has 0 bridgehead atoms. The van der Waals surface area contributed by atoms with Gasteiger partial charge in [-0.1, -0.05) is 18.2 Å². The fraction of sp³-hybridized carbons (Fsp3) is 0.333. The van der Waals surface area contributed by atoms with Gasteiger partial charge in [0.1, 0.15) is 0 Å². The van der Waals surface area contributed by atoms with Gasteiger partial charge in [0.05, 0.1) is 19.6 Å². The molecule has 7 nitrogen and oxygen atoms in total. The molecule has 0 heterocycles. The van der Waals surface area contributed by atoms with Crippen molar-refractivity contribution in [1.29, 1.82) is 0 Å². The molecule has 1 aromatic rings. The van der Waals surface area contributed by atoms with Crippen molar-refractivity contribution in [3.8, 4) is 0 Å². The van der Waals surface area contributed by atoms with E-state index in [4.69, 9.17) is 4.74 Å². The predicted molar refractivity (Wildman–Crippen MR) is 81.3 cm³/mol. The summed E-state index contributed by atoms with van der Waals surface area (Å²) in [6, 6.07) is 8.56. The molecule has 0 saturated carbocycles. The number of hydrazone groups is 1. The Kier molecular flexibility index (Phi) is 7.32. The largest absolute Gasteiger partial charge is 0.466 e. The van der Waals surface area contributed by atoms with Gasteiger partial charge in [-0.15, -0.1) is 0 Å². The van der Waals surface area contributed by atoms with E-state index in [2.05, 4.69) is 15.8 Å². The zero-order valence-electron chi connectivity index (χ0n) is 12.6. The average Bonchev–Trinajstić information content (AvgIpc) is 2.51. The third-order valence-electron chi connectivity index (χ3n) is 2.52. The normalized spacial score (nSPS) is 10.7. The molecule has 118 valence electrons. The lowest BCUT2D eigenvalue weighted by Crippen LogP contribution is -2.35. The summed E-state index contributed by atoms with van der Waals surface area (Å²) >= 11 is 0. The van der Waals surface area contributed by atoms with Gasteiger partial charge in [-0.05, 0) is 26.0 Å². The van der Waals surface area contributed by atoms with Crippen molar-refractivity contribution < 1.29 is 19.1 Å². The highest BCUT2D eigenvalue weighted by Gasteiger charge is 2.08. The smallest absolute Gasteiger partial charge is 0.311 e. The van der Waals surface area contributed by atoms with Crippen molar-refractivity contribution >= 4 is 23.5 Å². The number of ether oxygens (including phenoxy) is 1. The minimum absolute atomic E-state index is 0.00446. The molecule has 1 aromatic carbocycles. The molecule has 0 unspecified atom stereocenters. The Morgan fingerprint density at radius 2 is 1.86 bits per heavy atom. The lowest BCUT2D eigenvalue weighted by molar-refractivity contribution is -0.141. The molecule has 0 aliphatic carbocycles. The molecule has 2 amide bonds. The summed E-state index contributed by atoms with van der Waals surface area (Å²) in [5, 5.41) is 6.23. The summed E-state index contributed by atoms with van der Waals surface area (Å²) < 4.78 is 4.76. The van der Waals surface area contributed by atoms with E-state index in [0.717, 1.165) is 0 Å². The van der Waals surface area contributed by atoms with Crippen LogP contribution >= 0.6 is 0 Å². The van der Waals surface area contributed by atoms with Gasteiger partial charge in [-0.2, -0.15) is 5.10 Å². The minimum Gasteiger partial charge on any atom is -0.466 e. The van der Waals surface area contributed by atoms with E-state index in [-0.39, 0.29) is 18.9 Å². The number of amides is 2. The van der Waals surface area contributed by atoms with Gasteiger partial charge >= 0.3 is 5.97 Å². The van der Waals surface area contributed by atoms with Crippen LogP contribution in [0.1, 0.15) is 30.6 Å². The second-order valence-corrected chi connectivity index (χ2v) is 4.41. The maximum atomic E-state index is 11.7. The Balaban J connectivity index is 2.34. The average molecular weight is 305 g/mol. The number of hydrogen-bond acceptors (Lipinski definition) is 5. The number of carbonyl (C=O) groups excluding carboxylic acids is 3.